The SMILES string of the molecule is COC(=O)[C@H]1C2CCC(C[C@@H]1c1ccc(F)cc1)N2C. The first kappa shape index (κ1) is 13.6. The van der Waals surface area contributed by atoms with E-state index in [0.717, 1.165) is 24.8 Å². The van der Waals surface area contributed by atoms with Crippen LogP contribution in [-0.4, -0.2) is 37.1 Å². The van der Waals surface area contributed by atoms with E-state index in [0.29, 0.717) is 6.04 Å². The van der Waals surface area contributed by atoms with Crippen molar-refractivity contribution >= 4 is 5.97 Å². The molecule has 3 nitrogen and oxygen atoms in total. The van der Waals surface area contributed by atoms with Gasteiger partial charge in [0.05, 0.1) is 13.0 Å². The van der Waals surface area contributed by atoms with Crippen molar-refractivity contribution in [2.24, 2.45) is 5.92 Å². The van der Waals surface area contributed by atoms with Crippen molar-refractivity contribution in [3.05, 3.63) is 35.6 Å². The van der Waals surface area contributed by atoms with Crippen LogP contribution in [0.4, 0.5) is 4.39 Å². The molecule has 2 aliphatic rings. The third-order valence-corrected chi connectivity index (χ3v) is 5.04. The summed E-state index contributed by atoms with van der Waals surface area (Å²) in [6.45, 7) is 0. The number of esters is 1. The van der Waals surface area contributed by atoms with E-state index in [4.69, 9.17) is 4.74 Å². The molecule has 0 amide bonds. The molecule has 0 radical (unpaired) electrons. The molecular weight excluding hydrogens is 257 g/mol. The second kappa shape index (κ2) is 5.17. The highest BCUT2D eigenvalue weighted by Gasteiger charge is 2.49. The fourth-order valence-electron chi connectivity index (χ4n) is 3.98. The Kier molecular flexibility index (Phi) is 3.50. The molecule has 4 atom stereocenters. The summed E-state index contributed by atoms with van der Waals surface area (Å²) in [5, 5.41) is 0. The zero-order valence-corrected chi connectivity index (χ0v) is 11.9. The van der Waals surface area contributed by atoms with Crippen molar-refractivity contribution in [1.82, 2.24) is 4.90 Å². The highest BCUT2D eigenvalue weighted by Crippen LogP contribution is 2.46. The van der Waals surface area contributed by atoms with Gasteiger partial charge in [0.25, 0.3) is 0 Å². The minimum absolute atomic E-state index is 0.136. The highest BCUT2D eigenvalue weighted by atomic mass is 19.1. The summed E-state index contributed by atoms with van der Waals surface area (Å²) in [7, 11) is 3.55. The molecule has 108 valence electrons. The molecule has 0 spiro atoms. The second-order valence-electron chi connectivity index (χ2n) is 5.91. The van der Waals surface area contributed by atoms with E-state index in [2.05, 4.69) is 11.9 Å². The normalized spacial score (nSPS) is 33.1. The topological polar surface area (TPSA) is 29.5 Å². The van der Waals surface area contributed by atoms with Gasteiger partial charge in [-0.1, -0.05) is 12.1 Å². The van der Waals surface area contributed by atoms with Crippen LogP contribution >= 0.6 is 0 Å². The van der Waals surface area contributed by atoms with Gasteiger partial charge in [0.2, 0.25) is 0 Å². The van der Waals surface area contributed by atoms with Crippen LogP contribution in [0, 0.1) is 11.7 Å². The molecule has 20 heavy (non-hydrogen) atoms. The number of carbonyl (C=O) groups is 1. The monoisotopic (exact) mass is 277 g/mol. The van der Waals surface area contributed by atoms with Gasteiger partial charge in [-0.2, -0.15) is 0 Å². The lowest BCUT2D eigenvalue weighted by Gasteiger charge is -2.41. The number of methoxy groups -OCH3 is 1. The summed E-state index contributed by atoms with van der Waals surface area (Å²) in [5.41, 5.74) is 1.05. The number of benzene rings is 1. The Labute approximate surface area is 118 Å². The summed E-state index contributed by atoms with van der Waals surface area (Å²) in [6.07, 6.45) is 3.11. The van der Waals surface area contributed by atoms with Gasteiger partial charge in [0, 0.05) is 18.0 Å². The smallest absolute Gasteiger partial charge is 0.310 e. The van der Waals surface area contributed by atoms with E-state index in [-0.39, 0.29) is 29.7 Å². The van der Waals surface area contributed by atoms with Crippen molar-refractivity contribution in [3.8, 4) is 0 Å². The van der Waals surface area contributed by atoms with Crippen LogP contribution in [-0.2, 0) is 9.53 Å². The van der Waals surface area contributed by atoms with E-state index in [1.54, 1.807) is 12.1 Å². The van der Waals surface area contributed by atoms with Gasteiger partial charge < -0.3 is 4.74 Å². The first-order valence-electron chi connectivity index (χ1n) is 7.17. The molecule has 1 aromatic carbocycles. The molecule has 4 heteroatoms. The summed E-state index contributed by atoms with van der Waals surface area (Å²) < 4.78 is 18.1. The quantitative estimate of drug-likeness (QED) is 0.778. The average molecular weight is 277 g/mol. The summed E-state index contributed by atoms with van der Waals surface area (Å²) in [5.74, 6) is -0.387. The van der Waals surface area contributed by atoms with Crippen molar-refractivity contribution in [2.45, 2.75) is 37.3 Å². The number of piperidine rings is 1. The summed E-state index contributed by atoms with van der Waals surface area (Å²) in [6, 6.07) is 7.34. The number of halogens is 1. The lowest BCUT2D eigenvalue weighted by molar-refractivity contribution is -0.150. The van der Waals surface area contributed by atoms with Crippen LogP contribution in [0.25, 0.3) is 0 Å². The zero-order chi connectivity index (χ0) is 14.3. The largest absolute Gasteiger partial charge is 0.469 e. The van der Waals surface area contributed by atoms with Gasteiger partial charge in [-0.05, 0) is 44.0 Å². The lowest BCUT2D eigenvalue weighted by atomic mass is 9.76. The third kappa shape index (κ3) is 2.12. The number of rotatable bonds is 2. The van der Waals surface area contributed by atoms with Crippen LogP contribution in [0.3, 0.4) is 0 Å². The average Bonchev–Trinajstić information content (AvgIpc) is 2.70. The highest BCUT2D eigenvalue weighted by molar-refractivity contribution is 5.75. The van der Waals surface area contributed by atoms with Crippen molar-refractivity contribution in [1.29, 1.82) is 0 Å². The Morgan fingerprint density at radius 2 is 2.00 bits per heavy atom. The molecule has 0 aromatic heterocycles. The van der Waals surface area contributed by atoms with Gasteiger partial charge in [-0.25, -0.2) is 4.39 Å². The Hall–Kier alpha value is -1.42. The van der Waals surface area contributed by atoms with Gasteiger partial charge in [-0.15, -0.1) is 0 Å². The molecule has 2 bridgehead atoms. The third-order valence-electron chi connectivity index (χ3n) is 5.04. The van der Waals surface area contributed by atoms with Crippen LogP contribution in [0.15, 0.2) is 24.3 Å². The molecule has 2 aliphatic heterocycles. The first-order valence-corrected chi connectivity index (χ1v) is 7.17. The molecule has 2 fully saturated rings. The molecule has 0 aliphatic carbocycles. The molecule has 3 rings (SSSR count). The zero-order valence-electron chi connectivity index (χ0n) is 11.9. The second-order valence-corrected chi connectivity index (χ2v) is 5.91. The number of nitrogens with zero attached hydrogens (tertiary/aromatic N) is 1. The number of carbonyl (C=O) groups excluding carboxylic acids is 1. The minimum Gasteiger partial charge on any atom is -0.469 e. The van der Waals surface area contributed by atoms with E-state index in [1.165, 1.54) is 19.2 Å². The van der Waals surface area contributed by atoms with E-state index < -0.39 is 0 Å². The van der Waals surface area contributed by atoms with Crippen molar-refractivity contribution < 1.29 is 13.9 Å². The predicted octanol–water partition coefficient (Wildman–Crippen LogP) is 2.57. The van der Waals surface area contributed by atoms with Crippen LogP contribution in [0.5, 0.6) is 0 Å². The molecule has 2 saturated heterocycles. The van der Waals surface area contributed by atoms with Crippen molar-refractivity contribution in [3.63, 3.8) is 0 Å². The number of hydrogen-bond acceptors (Lipinski definition) is 3. The molecule has 2 heterocycles. The van der Waals surface area contributed by atoms with Gasteiger partial charge in [-0.3, -0.25) is 9.69 Å². The minimum atomic E-state index is -0.237. The fraction of sp³-hybridized carbons (Fsp3) is 0.562. The van der Waals surface area contributed by atoms with Crippen LogP contribution in [0.2, 0.25) is 0 Å². The summed E-state index contributed by atoms with van der Waals surface area (Å²) >= 11 is 0. The van der Waals surface area contributed by atoms with E-state index in [9.17, 15) is 9.18 Å². The fourth-order valence-corrected chi connectivity index (χ4v) is 3.98. The number of ether oxygens (including phenoxy) is 1. The molecule has 0 N–H and O–H groups in total. The molecule has 1 aromatic rings. The van der Waals surface area contributed by atoms with Gasteiger partial charge in [0.1, 0.15) is 5.82 Å². The van der Waals surface area contributed by atoms with E-state index in [1.807, 2.05) is 0 Å². The Morgan fingerprint density at radius 1 is 1.30 bits per heavy atom. The van der Waals surface area contributed by atoms with E-state index >= 15 is 0 Å². The molecule has 2 unspecified atom stereocenters. The first-order chi connectivity index (χ1) is 9.61. The maximum absolute atomic E-state index is 13.1. The predicted molar refractivity (Wildman–Crippen MR) is 73.8 cm³/mol. The summed E-state index contributed by atoms with van der Waals surface area (Å²) in [4.78, 5) is 14.5. The lowest BCUT2D eigenvalue weighted by Crippen LogP contribution is -2.49. The number of hydrogen-bond donors (Lipinski definition) is 0. The maximum Gasteiger partial charge on any atom is 0.310 e. The molecular formula is C16H20FNO2. The van der Waals surface area contributed by atoms with Gasteiger partial charge >= 0.3 is 5.97 Å². The molecule has 0 saturated carbocycles. The van der Waals surface area contributed by atoms with Gasteiger partial charge in [0.15, 0.2) is 0 Å². The van der Waals surface area contributed by atoms with Crippen molar-refractivity contribution in [2.75, 3.05) is 14.2 Å². The number of fused-ring (bicyclic) bond motifs is 2. The Morgan fingerprint density at radius 3 is 2.65 bits per heavy atom. The Balaban J connectivity index is 1.95. The Bertz CT molecular complexity index is 502. The standard InChI is InChI=1S/C16H20FNO2/c1-18-12-7-8-14(18)15(16(19)20-2)13(9-12)10-3-5-11(17)6-4-10/h3-6,12-15H,7-9H2,1-2H3/t12?,13-,14?,15-/m1/s1. The maximum atomic E-state index is 13.1. The van der Waals surface area contributed by atoms with Crippen LogP contribution in [0.1, 0.15) is 30.7 Å². The van der Waals surface area contributed by atoms with Crippen LogP contribution < -0.4 is 0 Å².